The molecule has 1 unspecified atom stereocenters. The lowest BCUT2D eigenvalue weighted by Crippen LogP contribution is -2.19. The van der Waals surface area contributed by atoms with Crippen LogP contribution < -0.4 is 0 Å². The molecule has 90 valence electrons. The Morgan fingerprint density at radius 2 is 2.25 bits per heavy atom. The van der Waals surface area contributed by atoms with Crippen LogP contribution in [-0.2, 0) is 4.79 Å². The minimum Gasteiger partial charge on any atom is -0.481 e. The molecule has 0 aliphatic rings. The van der Waals surface area contributed by atoms with Crippen LogP contribution in [0.4, 0.5) is 0 Å². The molecule has 0 aliphatic heterocycles. The standard InChI is InChI=1S/C11H16ClNO2S/c1-13(2)8(4-3-5-11(14)15)9-6-7-10(12)16-9/h6-8H,3-5H2,1-2H3,(H,14,15). The molecular formula is C11H16ClNO2S. The molecule has 0 fully saturated rings. The third kappa shape index (κ3) is 4.12. The van der Waals surface area contributed by atoms with E-state index in [1.54, 1.807) is 11.3 Å². The maximum Gasteiger partial charge on any atom is 0.303 e. The topological polar surface area (TPSA) is 40.5 Å². The van der Waals surface area contributed by atoms with Gasteiger partial charge in [-0.05, 0) is 39.1 Å². The number of hydrogen-bond acceptors (Lipinski definition) is 3. The van der Waals surface area contributed by atoms with E-state index in [0.717, 1.165) is 10.8 Å². The molecular weight excluding hydrogens is 246 g/mol. The quantitative estimate of drug-likeness (QED) is 0.855. The van der Waals surface area contributed by atoms with Crippen LogP contribution in [0.1, 0.15) is 30.2 Å². The fraction of sp³-hybridized carbons (Fsp3) is 0.545. The first-order valence-electron chi connectivity index (χ1n) is 5.14. The number of aliphatic carboxylic acids is 1. The van der Waals surface area contributed by atoms with Crippen molar-refractivity contribution >= 4 is 28.9 Å². The number of carbonyl (C=O) groups is 1. The number of nitrogens with zero attached hydrogens (tertiary/aromatic N) is 1. The molecule has 0 aromatic carbocycles. The van der Waals surface area contributed by atoms with Gasteiger partial charge < -0.3 is 10.0 Å². The first-order valence-corrected chi connectivity index (χ1v) is 6.33. The van der Waals surface area contributed by atoms with Gasteiger partial charge in [-0.1, -0.05) is 11.6 Å². The van der Waals surface area contributed by atoms with Crippen LogP contribution in [-0.4, -0.2) is 30.1 Å². The normalized spacial score (nSPS) is 13.0. The van der Waals surface area contributed by atoms with E-state index in [-0.39, 0.29) is 12.5 Å². The van der Waals surface area contributed by atoms with E-state index >= 15 is 0 Å². The molecule has 1 rings (SSSR count). The number of halogens is 1. The predicted molar refractivity (Wildman–Crippen MR) is 67.2 cm³/mol. The molecule has 16 heavy (non-hydrogen) atoms. The van der Waals surface area contributed by atoms with E-state index in [1.807, 2.05) is 26.2 Å². The summed E-state index contributed by atoms with van der Waals surface area (Å²) in [6, 6.07) is 4.16. The second-order valence-corrected chi connectivity index (χ2v) is 5.65. The number of carboxylic acids is 1. The molecule has 1 heterocycles. The van der Waals surface area contributed by atoms with Gasteiger partial charge in [0.2, 0.25) is 0 Å². The molecule has 0 amide bonds. The number of thiophene rings is 1. The van der Waals surface area contributed by atoms with Gasteiger partial charge in [-0.25, -0.2) is 0 Å². The molecule has 0 saturated carbocycles. The lowest BCUT2D eigenvalue weighted by Gasteiger charge is -2.22. The molecule has 1 aromatic heterocycles. The molecule has 1 aromatic rings. The third-order valence-electron chi connectivity index (χ3n) is 2.41. The van der Waals surface area contributed by atoms with Gasteiger partial charge in [0.1, 0.15) is 0 Å². The van der Waals surface area contributed by atoms with E-state index in [2.05, 4.69) is 4.90 Å². The minimum atomic E-state index is -0.735. The van der Waals surface area contributed by atoms with E-state index in [9.17, 15) is 4.79 Å². The van der Waals surface area contributed by atoms with Crippen LogP contribution in [0.25, 0.3) is 0 Å². The average molecular weight is 262 g/mol. The zero-order valence-electron chi connectivity index (χ0n) is 9.44. The van der Waals surface area contributed by atoms with Gasteiger partial charge >= 0.3 is 5.97 Å². The lowest BCUT2D eigenvalue weighted by atomic mass is 10.1. The summed E-state index contributed by atoms with van der Waals surface area (Å²) in [6.45, 7) is 0. The summed E-state index contributed by atoms with van der Waals surface area (Å²) in [6.07, 6.45) is 1.76. The SMILES string of the molecule is CN(C)C(CCCC(=O)O)c1ccc(Cl)s1. The molecule has 1 N–H and O–H groups in total. The zero-order chi connectivity index (χ0) is 12.1. The van der Waals surface area contributed by atoms with Gasteiger partial charge in [-0.3, -0.25) is 4.79 Å². The fourth-order valence-electron chi connectivity index (χ4n) is 1.61. The first-order chi connectivity index (χ1) is 7.50. The second-order valence-electron chi connectivity index (χ2n) is 3.91. The Morgan fingerprint density at radius 1 is 1.56 bits per heavy atom. The summed E-state index contributed by atoms with van der Waals surface area (Å²) in [4.78, 5) is 13.8. The van der Waals surface area contributed by atoms with Gasteiger partial charge in [-0.2, -0.15) is 0 Å². The van der Waals surface area contributed by atoms with Crippen LogP contribution in [0.15, 0.2) is 12.1 Å². The van der Waals surface area contributed by atoms with Crippen LogP contribution >= 0.6 is 22.9 Å². The molecule has 0 radical (unpaired) electrons. The third-order valence-corrected chi connectivity index (χ3v) is 3.75. The van der Waals surface area contributed by atoms with Crippen molar-refractivity contribution in [3.8, 4) is 0 Å². The Kier molecular flexibility index (Phi) is 5.25. The number of rotatable bonds is 6. The van der Waals surface area contributed by atoms with Crippen molar-refractivity contribution < 1.29 is 9.90 Å². The van der Waals surface area contributed by atoms with Crippen molar-refractivity contribution in [2.75, 3.05) is 14.1 Å². The highest BCUT2D eigenvalue weighted by atomic mass is 35.5. The Hall–Kier alpha value is -0.580. The molecule has 0 aliphatic carbocycles. The van der Waals surface area contributed by atoms with E-state index < -0.39 is 5.97 Å². The molecule has 1 atom stereocenters. The highest BCUT2D eigenvalue weighted by Crippen LogP contribution is 2.32. The van der Waals surface area contributed by atoms with Gasteiger partial charge in [0.15, 0.2) is 0 Å². The van der Waals surface area contributed by atoms with Crippen LogP contribution in [0.3, 0.4) is 0 Å². The molecule has 0 bridgehead atoms. The van der Waals surface area contributed by atoms with Crippen molar-refractivity contribution in [2.24, 2.45) is 0 Å². The van der Waals surface area contributed by atoms with Crippen molar-refractivity contribution in [2.45, 2.75) is 25.3 Å². The van der Waals surface area contributed by atoms with E-state index in [1.165, 1.54) is 4.88 Å². The van der Waals surface area contributed by atoms with E-state index in [4.69, 9.17) is 16.7 Å². The molecule has 0 saturated heterocycles. The smallest absolute Gasteiger partial charge is 0.303 e. The highest BCUT2D eigenvalue weighted by Gasteiger charge is 2.16. The summed E-state index contributed by atoms with van der Waals surface area (Å²) in [5.41, 5.74) is 0. The summed E-state index contributed by atoms with van der Waals surface area (Å²) in [5.74, 6) is -0.735. The Labute approximate surface area is 105 Å². The van der Waals surface area contributed by atoms with Crippen molar-refractivity contribution in [1.29, 1.82) is 0 Å². The summed E-state index contributed by atoms with van der Waals surface area (Å²) in [5, 5.41) is 8.61. The van der Waals surface area contributed by atoms with Gasteiger partial charge in [0, 0.05) is 17.3 Å². The van der Waals surface area contributed by atoms with Crippen LogP contribution in [0.5, 0.6) is 0 Å². The Bertz CT molecular complexity index is 352. The van der Waals surface area contributed by atoms with Crippen LogP contribution in [0.2, 0.25) is 4.34 Å². The number of carboxylic acid groups (broad SMARTS) is 1. The fourth-order valence-corrected chi connectivity index (χ4v) is 2.90. The zero-order valence-corrected chi connectivity index (χ0v) is 11.0. The van der Waals surface area contributed by atoms with Crippen molar-refractivity contribution in [3.05, 3.63) is 21.3 Å². The van der Waals surface area contributed by atoms with Gasteiger partial charge in [-0.15, -0.1) is 11.3 Å². The molecule has 5 heteroatoms. The monoisotopic (exact) mass is 261 g/mol. The Balaban J connectivity index is 2.58. The maximum atomic E-state index is 10.5. The second kappa shape index (κ2) is 6.23. The summed E-state index contributed by atoms with van der Waals surface area (Å²) < 4.78 is 0.778. The summed E-state index contributed by atoms with van der Waals surface area (Å²) in [7, 11) is 4.00. The first kappa shape index (κ1) is 13.5. The Morgan fingerprint density at radius 3 is 2.69 bits per heavy atom. The lowest BCUT2D eigenvalue weighted by molar-refractivity contribution is -0.137. The number of hydrogen-bond donors (Lipinski definition) is 1. The predicted octanol–water partition coefficient (Wildman–Crippen LogP) is 3.26. The van der Waals surface area contributed by atoms with Gasteiger partial charge in [0.05, 0.1) is 4.34 Å². The minimum absolute atomic E-state index is 0.226. The van der Waals surface area contributed by atoms with Crippen LogP contribution in [0, 0.1) is 0 Å². The summed E-state index contributed by atoms with van der Waals surface area (Å²) >= 11 is 7.46. The maximum absolute atomic E-state index is 10.5. The van der Waals surface area contributed by atoms with Crippen molar-refractivity contribution in [3.63, 3.8) is 0 Å². The van der Waals surface area contributed by atoms with Gasteiger partial charge in [0.25, 0.3) is 0 Å². The highest BCUT2D eigenvalue weighted by molar-refractivity contribution is 7.16. The average Bonchev–Trinajstić information content (AvgIpc) is 2.58. The van der Waals surface area contributed by atoms with Crippen molar-refractivity contribution in [1.82, 2.24) is 4.90 Å². The van der Waals surface area contributed by atoms with E-state index in [0.29, 0.717) is 6.42 Å². The molecule has 0 spiro atoms. The molecule has 3 nitrogen and oxygen atoms in total. The largest absolute Gasteiger partial charge is 0.481 e.